The van der Waals surface area contributed by atoms with Crippen molar-refractivity contribution in [2.45, 2.75) is 25.9 Å². The molecular weight excluding hydrogens is 239 g/mol. The van der Waals surface area contributed by atoms with Gasteiger partial charge in [-0.05, 0) is 26.0 Å². The van der Waals surface area contributed by atoms with Gasteiger partial charge < -0.3 is 14.6 Å². The Balaban J connectivity index is 2.59. The van der Waals surface area contributed by atoms with E-state index in [2.05, 4.69) is 0 Å². The van der Waals surface area contributed by atoms with E-state index in [0.717, 1.165) is 6.07 Å². The zero-order valence-electron chi connectivity index (χ0n) is 10.7. The number of ether oxygens (including phenoxy) is 2. The van der Waals surface area contributed by atoms with Gasteiger partial charge in [0.15, 0.2) is 0 Å². The molecule has 0 aliphatic heterocycles. The molecule has 0 saturated heterocycles. The van der Waals surface area contributed by atoms with Crippen LogP contribution < -0.4 is 4.74 Å². The van der Waals surface area contributed by atoms with Gasteiger partial charge in [0.2, 0.25) is 0 Å². The fourth-order valence-corrected chi connectivity index (χ4v) is 1.28. The van der Waals surface area contributed by atoms with Gasteiger partial charge in [0.05, 0.1) is 17.8 Å². The predicted octanol–water partition coefficient (Wildman–Crippen LogP) is 2.72. The summed E-state index contributed by atoms with van der Waals surface area (Å²) in [5, 5.41) is 8.67. The van der Waals surface area contributed by atoms with Crippen LogP contribution in [0.3, 0.4) is 0 Å². The molecule has 100 valence electrons. The zero-order valence-corrected chi connectivity index (χ0v) is 10.7. The smallest absolute Gasteiger partial charge is 0.338 e. The summed E-state index contributed by atoms with van der Waals surface area (Å²) in [4.78, 5) is 10.6. The first kappa shape index (κ1) is 14.4. The molecule has 0 aliphatic rings. The van der Waals surface area contributed by atoms with E-state index in [1.807, 2.05) is 13.8 Å². The molecule has 5 heteroatoms. The second-order valence-electron chi connectivity index (χ2n) is 4.51. The number of carbonyl (C=O) groups is 1. The van der Waals surface area contributed by atoms with Crippen LogP contribution in [0, 0.1) is 5.82 Å². The van der Waals surface area contributed by atoms with Crippen LogP contribution in [0.2, 0.25) is 0 Å². The van der Waals surface area contributed by atoms with E-state index in [4.69, 9.17) is 14.6 Å². The predicted molar refractivity (Wildman–Crippen MR) is 64.6 cm³/mol. The Hall–Kier alpha value is -1.62. The lowest BCUT2D eigenvalue weighted by Gasteiger charge is -2.22. The van der Waals surface area contributed by atoms with Crippen LogP contribution in [0.25, 0.3) is 0 Å². The van der Waals surface area contributed by atoms with E-state index in [0.29, 0.717) is 18.8 Å². The van der Waals surface area contributed by atoms with Gasteiger partial charge in [-0.1, -0.05) is 0 Å². The standard InChI is InChI=1S/C13H17FO4/c1-13(2,17-3)6-7-18-9-4-5-10(12(15)16)11(14)8-9/h4-5,8H,6-7H2,1-3H3,(H,15,16). The minimum atomic E-state index is -1.29. The Morgan fingerprint density at radius 2 is 2.11 bits per heavy atom. The second kappa shape index (κ2) is 5.82. The number of methoxy groups -OCH3 is 1. The first-order chi connectivity index (χ1) is 8.35. The van der Waals surface area contributed by atoms with Gasteiger partial charge in [0.25, 0.3) is 0 Å². The summed E-state index contributed by atoms with van der Waals surface area (Å²) >= 11 is 0. The Kier molecular flexibility index (Phi) is 4.67. The number of hydrogen-bond acceptors (Lipinski definition) is 3. The normalized spacial score (nSPS) is 11.3. The molecule has 1 N–H and O–H groups in total. The Morgan fingerprint density at radius 1 is 1.44 bits per heavy atom. The first-order valence-electron chi connectivity index (χ1n) is 5.56. The van der Waals surface area contributed by atoms with Crippen molar-refractivity contribution >= 4 is 5.97 Å². The first-order valence-corrected chi connectivity index (χ1v) is 5.56. The SMILES string of the molecule is COC(C)(C)CCOc1ccc(C(=O)O)c(F)c1. The van der Waals surface area contributed by atoms with Crippen LogP contribution >= 0.6 is 0 Å². The maximum Gasteiger partial charge on any atom is 0.338 e. The fraction of sp³-hybridized carbons (Fsp3) is 0.462. The van der Waals surface area contributed by atoms with Crippen LogP contribution in [-0.2, 0) is 4.74 Å². The number of hydrogen-bond donors (Lipinski definition) is 1. The third kappa shape index (κ3) is 4.00. The Bertz CT molecular complexity index is 429. The second-order valence-corrected chi connectivity index (χ2v) is 4.51. The molecule has 0 atom stereocenters. The average Bonchev–Trinajstić information content (AvgIpc) is 2.28. The van der Waals surface area contributed by atoms with E-state index in [9.17, 15) is 9.18 Å². The molecule has 0 radical (unpaired) electrons. The molecule has 0 aromatic heterocycles. The number of carboxylic acids is 1. The molecule has 0 fully saturated rings. The number of benzene rings is 1. The van der Waals surface area contributed by atoms with Crippen LogP contribution in [-0.4, -0.2) is 30.4 Å². The molecule has 0 aliphatic carbocycles. The molecule has 0 amide bonds. The molecular formula is C13H17FO4. The largest absolute Gasteiger partial charge is 0.493 e. The maximum absolute atomic E-state index is 13.3. The van der Waals surface area contributed by atoms with Crippen molar-refractivity contribution in [3.05, 3.63) is 29.6 Å². The highest BCUT2D eigenvalue weighted by molar-refractivity contribution is 5.88. The highest BCUT2D eigenvalue weighted by atomic mass is 19.1. The van der Waals surface area contributed by atoms with Gasteiger partial charge in [0.1, 0.15) is 11.6 Å². The van der Waals surface area contributed by atoms with Crippen LogP contribution in [0.4, 0.5) is 4.39 Å². The number of carboxylic acid groups (broad SMARTS) is 1. The van der Waals surface area contributed by atoms with E-state index in [-0.39, 0.29) is 11.2 Å². The van der Waals surface area contributed by atoms with Crippen molar-refractivity contribution < 1.29 is 23.8 Å². The number of halogens is 1. The summed E-state index contributed by atoms with van der Waals surface area (Å²) < 4.78 is 23.9. The molecule has 18 heavy (non-hydrogen) atoms. The summed E-state index contributed by atoms with van der Waals surface area (Å²) in [5.41, 5.74) is -0.668. The summed E-state index contributed by atoms with van der Waals surface area (Å²) in [6.45, 7) is 4.21. The van der Waals surface area contributed by atoms with Gasteiger partial charge in [0, 0.05) is 19.6 Å². The lowest BCUT2D eigenvalue weighted by molar-refractivity contribution is 0.00544. The van der Waals surface area contributed by atoms with Gasteiger partial charge in [-0.3, -0.25) is 0 Å². The van der Waals surface area contributed by atoms with Crippen LogP contribution in [0.5, 0.6) is 5.75 Å². The van der Waals surface area contributed by atoms with E-state index >= 15 is 0 Å². The molecule has 1 aromatic carbocycles. The molecule has 4 nitrogen and oxygen atoms in total. The Morgan fingerprint density at radius 3 is 2.61 bits per heavy atom. The van der Waals surface area contributed by atoms with Gasteiger partial charge >= 0.3 is 5.97 Å². The number of aromatic carboxylic acids is 1. The van der Waals surface area contributed by atoms with E-state index < -0.39 is 11.8 Å². The summed E-state index contributed by atoms with van der Waals surface area (Å²) in [5.74, 6) is -1.78. The lowest BCUT2D eigenvalue weighted by atomic mass is 10.1. The molecule has 0 saturated carbocycles. The lowest BCUT2D eigenvalue weighted by Crippen LogP contribution is -2.25. The molecule has 1 rings (SSSR count). The van der Waals surface area contributed by atoms with Gasteiger partial charge in [-0.25, -0.2) is 9.18 Å². The average molecular weight is 256 g/mol. The third-order valence-corrected chi connectivity index (χ3v) is 2.70. The number of rotatable bonds is 6. The zero-order chi connectivity index (χ0) is 13.8. The van der Waals surface area contributed by atoms with Crippen molar-refractivity contribution in [3.63, 3.8) is 0 Å². The molecule has 0 heterocycles. The summed E-state index contributed by atoms with van der Waals surface area (Å²) in [7, 11) is 1.61. The third-order valence-electron chi connectivity index (χ3n) is 2.70. The van der Waals surface area contributed by atoms with Crippen molar-refractivity contribution in [2.75, 3.05) is 13.7 Å². The molecule has 1 aromatic rings. The minimum Gasteiger partial charge on any atom is -0.493 e. The quantitative estimate of drug-likeness (QED) is 0.850. The van der Waals surface area contributed by atoms with Crippen LogP contribution in [0.15, 0.2) is 18.2 Å². The van der Waals surface area contributed by atoms with Crippen molar-refractivity contribution in [2.24, 2.45) is 0 Å². The molecule has 0 unspecified atom stereocenters. The van der Waals surface area contributed by atoms with Crippen molar-refractivity contribution in [1.82, 2.24) is 0 Å². The van der Waals surface area contributed by atoms with Crippen LogP contribution in [0.1, 0.15) is 30.6 Å². The van der Waals surface area contributed by atoms with Gasteiger partial charge in [-0.15, -0.1) is 0 Å². The van der Waals surface area contributed by atoms with Gasteiger partial charge in [-0.2, -0.15) is 0 Å². The summed E-state index contributed by atoms with van der Waals surface area (Å²) in [6, 6.07) is 3.70. The minimum absolute atomic E-state index is 0.306. The molecule has 0 bridgehead atoms. The van der Waals surface area contributed by atoms with Crippen molar-refractivity contribution in [1.29, 1.82) is 0 Å². The maximum atomic E-state index is 13.3. The summed E-state index contributed by atoms with van der Waals surface area (Å²) in [6.07, 6.45) is 0.645. The monoisotopic (exact) mass is 256 g/mol. The highest BCUT2D eigenvalue weighted by Crippen LogP contribution is 2.18. The van der Waals surface area contributed by atoms with E-state index in [1.54, 1.807) is 7.11 Å². The topological polar surface area (TPSA) is 55.8 Å². The van der Waals surface area contributed by atoms with E-state index in [1.165, 1.54) is 12.1 Å². The molecule has 0 spiro atoms. The Labute approximate surface area is 105 Å². The fourth-order valence-electron chi connectivity index (χ4n) is 1.28. The van der Waals surface area contributed by atoms with Crippen molar-refractivity contribution in [3.8, 4) is 5.75 Å². The highest BCUT2D eigenvalue weighted by Gasteiger charge is 2.16.